The van der Waals surface area contributed by atoms with Crippen LogP contribution in [0.25, 0.3) is 0 Å². The molecule has 0 aromatic heterocycles. The fourth-order valence-corrected chi connectivity index (χ4v) is 3.00. The largest absolute Gasteiger partial charge is 0.394 e. The van der Waals surface area contributed by atoms with E-state index in [4.69, 9.17) is 5.11 Å². The Kier molecular flexibility index (Phi) is 4.19. The summed E-state index contributed by atoms with van der Waals surface area (Å²) >= 11 is 0. The van der Waals surface area contributed by atoms with Crippen LogP contribution >= 0.6 is 0 Å². The Morgan fingerprint density at radius 2 is 2.12 bits per heavy atom. The number of piperazine rings is 1. The molecular weight excluding hydrogens is 204 g/mol. The molecule has 2 rings (SSSR count). The topological polar surface area (TPSA) is 46.9 Å². The summed E-state index contributed by atoms with van der Waals surface area (Å²) in [5.41, 5.74) is 0. The Balaban J connectivity index is 1.90. The Hall–Kier alpha value is -0.160. The predicted octanol–water partition coefficient (Wildman–Crippen LogP) is -0.102. The first-order valence-corrected chi connectivity index (χ1v) is 6.47. The molecule has 16 heavy (non-hydrogen) atoms. The first-order valence-electron chi connectivity index (χ1n) is 6.47. The third-order valence-corrected chi connectivity index (χ3v) is 3.97. The van der Waals surface area contributed by atoms with Crippen LogP contribution < -0.4 is 0 Å². The minimum absolute atomic E-state index is 0.127. The zero-order chi connectivity index (χ0) is 11.5. The van der Waals surface area contributed by atoms with E-state index in [1.165, 1.54) is 25.8 Å². The Labute approximate surface area is 97.9 Å². The first kappa shape index (κ1) is 12.3. The summed E-state index contributed by atoms with van der Waals surface area (Å²) in [6.07, 6.45) is 3.38. The number of β-amino-alcohol motifs (C(OH)–C–C–N with tert-alkyl or cyclic N) is 1. The first-order chi connectivity index (χ1) is 7.70. The van der Waals surface area contributed by atoms with Gasteiger partial charge in [0.05, 0.1) is 12.7 Å². The summed E-state index contributed by atoms with van der Waals surface area (Å²) in [6, 6.07) is 1.17. The summed E-state index contributed by atoms with van der Waals surface area (Å²) in [7, 11) is 0. The molecule has 0 aromatic carbocycles. The molecule has 2 N–H and O–H groups in total. The van der Waals surface area contributed by atoms with Gasteiger partial charge >= 0.3 is 0 Å². The Bertz CT molecular complexity index is 225. The zero-order valence-corrected chi connectivity index (χ0v) is 10.2. The third kappa shape index (κ3) is 2.74. The monoisotopic (exact) mass is 228 g/mol. The molecule has 0 saturated carbocycles. The van der Waals surface area contributed by atoms with Crippen molar-refractivity contribution >= 4 is 0 Å². The van der Waals surface area contributed by atoms with Crippen molar-refractivity contribution in [3.63, 3.8) is 0 Å². The van der Waals surface area contributed by atoms with Crippen LogP contribution in [-0.2, 0) is 0 Å². The molecular formula is C12H24N2O2. The van der Waals surface area contributed by atoms with Crippen molar-refractivity contribution in [3.05, 3.63) is 0 Å². The number of nitrogens with zero attached hydrogens (tertiary/aromatic N) is 2. The fourth-order valence-electron chi connectivity index (χ4n) is 3.00. The van der Waals surface area contributed by atoms with Crippen LogP contribution in [0.2, 0.25) is 0 Å². The van der Waals surface area contributed by atoms with Gasteiger partial charge in [-0.05, 0) is 26.3 Å². The number of hydrogen-bond acceptors (Lipinski definition) is 4. The van der Waals surface area contributed by atoms with Gasteiger partial charge in [-0.15, -0.1) is 0 Å². The van der Waals surface area contributed by atoms with Gasteiger partial charge in [-0.1, -0.05) is 6.42 Å². The van der Waals surface area contributed by atoms with Gasteiger partial charge in [0.15, 0.2) is 0 Å². The molecule has 2 saturated heterocycles. The summed E-state index contributed by atoms with van der Waals surface area (Å²) in [4.78, 5) is 4.92. The summed E-state index contributed by atoms with van der Waals surface area (Å²) < 4.78 is 0. The van der Waals surface area contributed by atoms with Gasteiger partial charge in [0.25, 0.3) is 0 Å². The van der Waals surface area contributed by atoms with E-state index in [-0.39, 0.29) is 6.61 Å². The molecule has 0 aromatic rings. The van der Waals surface area contributed by atoms with Crippen molar-refractivity contribution in [2.24, 2.45) is 0 Å². The molecule has 0 aliphatic carbocycles. The van der Waals surface area contributed by atoms with Crippen LogP contribution in [0, 0.1) is 0 Å². The van der Waals surface area contributed by atoms with Gasteiger partial charge in [0, 0.05) is 31.7 Å². The normalized spacial score (nSPS) is 34.7. The predicted molar refractivity (Wildman–Crippen MR) is 63.3 cm³/mol. The average Bonchev–Trinajstić information content (AvgIpc) is 2.30. The summed E-state index contributed by atoms with van der Waals surface area (Å²) in [6.45, 7) is 6.11. The molecule has 0 radical (unpaired) electrons. The van der Waals surface area contributed by atoms with Crippen molar-refractivity contribution in [3.8, 4) is 0 Å². The second-order valence-electron chi connectivity index (χ2n) is 5.28. The molecule has 2 aliphatic heterocycles. The maximum Gasteiger partial charge on any atom is 0.0897 e. The van der Waals surface area contributed by atoms with Crippen LogP contribution in [-0.4, -0.2) is 71.0 Å². The van der Waals surface area contributed by atoms with Crippen LogP contribution in [0.3, 0.4) is 0 Å². The van der Waals surface area contributed by atoms with Crippen LogP contribution in [0.4, 0.5) is 0 Å². The molecule has 0 amide bonds. The third-order valence-electron chi connectivity index (χ3n) is 3.97. The maximum absolute atomic E-state index is 9.52. The van der Waals surface area contributed by atoms with Gasteiger partial charge in [0.1, 0.15) is 0 Å². The number of piperidine rings is 1. The number of rotatable bonds is 3. The SMILES string of the molecule is CC1CN2CCCCC2CN1CC(O)CO. The minimum atomic E-state index is -0.586. The standard InChI is InChI=1S/C12H24N2O2/c1-10-6-13-5-3-2-4-11(13)7-14(10)8-12(16)9-15/h10-12,15-16H,2-9H2,1H3. The minimum Gasteiger partial charge on any atom is -0.394 e. The van der Waals surface area contributed by atoms with Gasteiger partial charge < -0.3 is 10.2 Å². The average molecular weight is 228 g/mol. The van der Waals surface area contributed by atoms with Crippen molar-refractivity contribution in [1.29, 1.82) is 0 Å². The van der Waals surface area contributed by atoms with Crippen LogP contribution in [0.5, 0.6) is 0 Å². The lowest BCUT2D eigenvalue weighted by molar-refractivity contribution is -0.0176. The lowest BCUT2D eigenvalue weighted by Gasteiger charge is -2.47. The van der Waals surface area contributed by atoms with E-state index in [9.17, 15) is 5.11 Å². The lowest BCUT2D eigenvalue weighted by atomic mass is 9.97. The second kappa shape index (κ2) is 5.45. The van der Waals surface area contributed by atoms with E-state index in [2.05, 4.69) is 16.7 Å². The van der Waals surface area contributed by atoms with E-state index in [1.54, 1.807) is 0 Å². The highest BCUT2D eigenvalue weighted by Gasteiger charge is 2.33. The van der Waals surface area contributed by atoms with E-state index in [0.717, 1.165) is 13.1 Å². The van der Waals surface area contributed by atoms with Crippen molar-refractivity contribution in [2.75, 3.05) is 32.8 Å². The van der Waals surface area contributed by atoms with Crippen molar-refractivity contribution < 1.29 is 10.2 Å². The number of fused-ring (bicyclic) bond motifs is 1. The molecule has 2 aliphatic rings. The highest BCUT2D eigenvalue weighted by Crippen LogP contribution is 2.23. The Morgan fingerprint density at radius 1 is 1.31 bits per heavy atom. The molecule has 94 valence electrons. The van der Waals surface area contributed by atoms with Gasteiger partial charge in [-0.25, -0.2) is 0 Å². The van der Waals surface area contributed by atoms with Crippen LogP contribution in [0.1, 0.15) is 26.2 Å². The van der Waals surface area contributed by atoms with Gasteiger partial charge in [-0.2, -0.15) is 0 Å². The molecule has 3 unspecified atom stereocenters. The smallest absolute Gasteiger partial charge is 0.0897 e. The van der Waals surface area contributed by atoms with Gasteiger partial charge in [0.2, 0.25) is 0 Å². The molecule has 2 heterocycles. The quantitative estimate of drug-likeness (QED) is 0.708. The Morgan fingerprint density at radius 3 is 2.88 bits per heavy atom. The highest BCUT2D eigenvalue weighted by molar-refractivity contribution is 4.89. The molecule has 2 fully saturated rings. The summed E-state index contributed by atoms with van der Waals surface area (Å²) in [5, 5.41) is 18.4. The molecule has 3 atom stereocenters. The number of aliphatic hydroxyl groups is 2. The number of aliphatic hydroxyl groups excluding tert-OH is 2. The maximum atomic E-state index is 9.52. The number of hydrogen-bond donors (Lipinski definition) is 2. The van der Waals surface area contributed by atoms with E-state index in [0.29, 0.717) is 18.6 Å². The molecule has 4 nitrogen and oxygen atoms in total. The van der Waals surface area contributed by atoms with E-state index < -0.39 is 6.10 Å². The van der Waals surface area contributed by atoms with Gasteiger partial charge in [-0.3, -0.25) is 9.80 Å². The summed E-state index contributed by atoms with van der Waals surface area (Å²) in [5.74, 6) is 0. The van der Waals surface area contributed by atoms with Crippen molar-refractivity contribution in [1.82, 2.24) is 9.80 Å². The zero-order valence-electron chi connectivity index (χ0n) is 10.2. The van der Waals surface area contributed by atoms with Crippen molar-refractivity contribution in [2.45, 2.75) is 44.4 Å². The molecule has 4 heteroatoms. The molecule has 0 spiro atoms. The van der Waals surface area contributed by atoms with E-state index >= 15 is 0 Å². The van der Waals surface area contributed by atoms with Crippen LogP contribution in [0.15, 0.2) is 0 Å². The second-order valence-corrected chi connectivity index (χ2v) is 5.28. The lowest BCUT2D eigenvalue weighted by Crippen LogP contribution is -2.59. The fraction of sp³-hybridized carbons (Fsp3) is 1.00. The van der Waals surface area contributed by atoms with E-state index in [1.807, 2.05) is 0 Å². The highest BCUT2D eigenvalue weighted by atomic mass is 16.3. The molecule has 0 bridgehead atoms.